The van der Waals surface area contributed by atoms with Crippen molar-refractivity contribution in [3.8, 4) is 0 Å². The highest BCUT2D eigenvalue weighted by Gasteiger charge is 2.13. The second-order valence-corrected chi connectivity index (χ2v) is 4.76. The number of amides is 2. The van der Waals surface area contributed by atoms with Gasteiger partial charge in [-0.3, -0.25) is 5.32 Å². The van der Waals surface area contributed by atoms with Gasteiger partial charge in [0.05, 0.1) is 0 Å². The largest absolute Gasteiger partial charge is 0.338 e. The van der Waals surface area contributed by atoms with Crippen LogP contribution in [-0.2, 0) is 0 Å². The molecule has 0 atom stereocenters. The molecular formula is C10H16N4OS. The van der Waals surface area contributed by atoms with Gasteiger partial charge in [0, 0.05) is 18.1 Å². The van der Waals surface area contributed by atoms with Crippen LogP contribution in [0.2, 0.25) is 0 Å². The Bertz CT molecular complexity index is 322. The molecule has 0 unspecified atom stereocenters. The summed E-state index contributed by atoms with van der Waals surface area (Å²) in [6.07, 6.45) is 3.95. The zero-order valence-corrected chi connectivity index (χ0v) is 9.85. The van der Waals surface area contributed by atoms with Crippen molar-refractivity contribution < 1.29 is 4.79 Å². The molecule has 0 saturated carbocycles. The van der Waals surface area contributed by atoms with Gasteiger partial charge in [-0.15, -0.1) is 11.3 Å². The van der Waals surface area contributed by atoms with Crippen LogP contribution in [0.15, 0.2) is 11.6 Å². The van der Waals surface area contributed by atoms with Crippen molar-refractivity contribution in [1.29, 1.82) is 0 Å². The molecule has 2 amide bonds. The van der Waals surface area contributed by atoms with E-state index in [4.69, 9.17) is 0 Å². The van der Waals surface area contributed by atoms with Crippen LogP contribution < -0.4 is 16.0 Å². The van der Waals surface area contributed by atoms with E-state index in [0.29, 0.717) is 11.0 Å². The van der Waals surface area contributed by atoms with Crippen LogP contribution in [0.3, 0.4) is 0 Å². The van der Waals surface area contributed by atoms with E-state index >= 15 is 0 Å². The number of thiazole rings is 1. The maximum atomic E-state index is 11.5. The normalized spacial score (nSPS) is 17.0. The number of hydrogen-bond donors (Lipinski definition) is 3. The van der Waals surface area contributed by atoms with E-state index in [2.05, 4.69) is 20.9 Å². The molecule has 0 aromatic carbocycles. The molecule has 1 aliphatic rings. The van der Waals surface area contributed by atoms with Gasteiger partial charge in [-0.05, 0) is 31.8 Å². The van der Waals surface area contributed by atoms with Crippen LogP contribution in [0.25, 0.3) is 0 Å². The highest BCUT2D eigenvalue weighted by Crippen LogP contribution is 2.11. The molecule has 88 valence electrons. The fourth-order valence-electron chi connectivity index (χ4n) is 1.75. The van der Waals surface area contributed by atoms with Gasteiger partial charge in [0.2, 0.25) is 0 Å². The van der Waals surface area contributed by atoms with Gasteiger partial charge >= 0.3 is 6.03 Å². The van der Waals surface area contributed by atoms with Gasteiger partial charge in [0.15, 0.2) is 5.13 Å². The van der Waals surface area contributed by atoms with Gasteiger partial charge in [0.1, 0.15) is 0 Å². The first-order chi connectivity index (χ1) is 7.84. The first-order valence-electron chi connectivity index (χ1n) is 5.49. The molecule has 2 heterocycles. The highest BCUT2D eigenvalue weighted by atomic mass is 32.1. The lowest BCUT2D eigenvalue weighted by atomic mass is 9.98. The third-order valence-corrected chi connectivity index (χ3v) is 3.35. The van der Waals surface area contributed by atoms with Crippen LogP contribution in [0.1, 0.15) is 12.8 Å². The van der Waals surface area contributed by atoms with Crippen molar-refractivity contribution in [3.63, 3.8) is 0 Å². The number of carbonyl (C=O) groups is 1. The molecule has 0 radical (unpaired) electrons. The van der Waals surface area contributed by atoms with Crippen molar-refractivity contribution >= 4 is 22.5 Å². The molecule has 1 fully saturated rings. The predicted octanol–water partition coefficient (Wildman–Crippen LogP) is 1.26. The molecule has 1 aromatic rings. The number of piperidine rings is 1. The van der Waals surface area contributed by atoms with Crippen LogP contribution in [0.5, 0.6) is 0 Å². The van der Waals surface area contributed by atoms with Crippen molar-refractivity contribution in [2.75, 3.05) is 25.0 Å². The van der Waals surface area contributed by atoms with Gasteiger partial charge in [-0.1, -0.05) is 0 Å². The predicted molar refractivity (Wildman–Crippen MR) is 64.7 cm³/mol. The number of nitrogens with one attached hydrogen (secondary N) is 3. The molecule has 1 aromatic heterocycles. The highest BCUT2D eigenvalue weighted by molar-refractivity contribution is 7.13. The molecule has 6 heteroatoms. The Morgan fingerprint density at radius 1 is 1.56 bits per heavy atom. The summed E-state index contributed by atoms with van der Waals surface area (Å²) in [6.45, 7) is 2.86. The van der Waals surface area contributed by atoms with E-state index in [-0.39, 0.29) is 6.03 Å². The van der Waals surface area contributed by atoms with Gasteiger partial charge in [0.25, 0.3) is 0 Å². The summed E-state index contributed by atoms with van der Waals surface area (Å²) in [5.74, 6) is 0.600. The summed E-state index contributed by atoms with van der Waals surface area (Å²) in [4.78, 5) is 15.5. The summed E-state index contributed by atoms with van der Waals surface area (Å²) in [5.41, 5.74) is 0. The van der Waals surface area contributed by atoms with E-state index < -0.39 is 0 Å². The lowest BCUT2D eigenvalue weighted by Gasteiger charge is -2.22. The van der Waals surface area contributed by atoms with E-state index in [1.807, 2.05) is 5.38 Å². The summed E-state index contributed by atoms with van der Waals surface area (Å²) in [5, 5.41) is 11.4. The minimum atomic E-state index is -0.159. The van der Waals surface area contributed by atoms with Gasteiger partial charge < -0.3 is 10.6 Å². The number of anilines is 1. The first kappa shape index (κ1) is 11.3. The molecule has 1 aliphatic heterocycles. The molecule has 2 rings (SSSR count). The Morgan fingerprint density at radius 2 is 2.38 bits per heavy atom. The summed E-state index contributed by atoms with van der Waals surface area (Å²) >= 11 is 1.42. The molecule has 0 bridgehead atoms. The molecule has 5 nitrogen and oxygen atoms in total. The van der Waals surface area contributed by atoms with Gasteiger partial charge in [-0.25, -0.2) is 9.78 Å². The average Bonchev–Trinajstić information content (AvgIpc) is 2.81. The van der Waals surface area contributed by atoms with Gasteiger partial charge in [-0.2, -0.15) is 0 Å². The second-order valence-electron chi connectivity index (χ2n) is 3.87. The molecule has 0 aliphatic carbocycles. The van der Waals surface area contributed by atoms with Crippen molar-refractivity contribution in [2.45, 2.75) is 12.8 Å². The minimum Gasteiger partial charge on any atom is -0.338 e. The Hall–Kier alpha value is -1.14. The third-order valence-electron chi connectivity index (χ3n) is 2.66. The summed E-state index contributed by atoms with van der Waals surface area (Å²) in [7, 11) is 0. The van der Waals surface area contributed by atoms with E-state index in [1.54, 1.807) is 6.20 Å². The fourth-order valence-corrected chi connectivity index (χ4v) is 2.27. The number of nitrogens with zero attached hydrogens (tertiary/aromatic N) is 1. The van der Waals surface area contributed by atoms with E-state index in [0.717, 1.165) is 32.5 Å². The number of aromatic nitrogens is 1. The average molecular weight is 240 g/mol. The number of hydrogen-bond acceptors (Lipinski definition) is 4. The molecule has 0 spiro atoms. The second kappa shape index (κ2) is 5.81. The lowest BCUT2D eigenvalue weighted by Crippen LogP contribution is -2.37. The number of urea groups is 1. The summed E-state index contributed by atoms with van der Waals surface area (Å²) in [6, 6.07) is -0.159. The SMILES string of the molecule is O=C(NCC1CCNCC1)Nc1nccs1. The standard InChI is InChI=1S/C10H16N4OS/c15-9(14-10-12-5-6-16-10)13-7-8-1-3-11-4-2-8/h5-6,8,11H,1-4,7H2,(H2,12,13,14,15). The Kier molecular flexibility index (Phi) is 4.12. The molecule has 16 heavy (non-hydrogen) atoms. The Balaban J connectivity index is 1.67. The van der Waals surface area contributed by atoms with Crippen molar-refractivity contribution in [2.24, 2.45) is 5.92 Å². The monoisotopic (exact) mass is 240 g/mol. The smallest absolute Gasteiger partial charge is 0.321 e. The molecular weight excluding hydrogens is 224 g/mol. The summed E-state index contributed by atoms with van der Waals surface area (Å²) < 4.78 is 0. The lowest BCUT2D eigenvalue weighted by molar-refractivity contribution is 0.248. The maximum Gasteiger partial charge on any atom is 0.321 e. The fraction of sp³-hybridized carbons (Fsp3) is 0.600. The quantitative estimate of drug-likeness (QED) is 0.745. The number of carbonyl (C=O) groups excluding carboxylic acids is 1. The Morgan fingerprint density at radius 3 is 3.06 bits per heavy atom. The third kappa shape index (κ3) is 3.46. The topological polar surface area (TPSA) is 66.1 Å². The number of rotatable bonds is 3. The minimum absolute atomic E-state index is 0.159. The molecule has 3 N–H and O–H groups in total. The Labute approximate surface area is 98.7 Å². The van der Waals surface area contributed by atoms with E-state index in [9.17, 15) is 4.79 Å². The van der Waals surface area contributed by atoms with E-state index in [1.165, 1.54) is 11.3 Å². The van der Waals surface area contributed by atoms with Crippen LogP contribution in [-0.4, -0.2) is 30.6 Å². The first-order valence-corrected chi connectivity index (χ1v) is 6.37. The van der Waals surface area contributed by atoms with Crippen LogP contribution in [0.4, 0.5) is 9.93 Å². The maximum absolute atomic E-state index is 11.5. The van der Waals surface area contributed by atoms with Crippen LogP contribution in [0, 0.1) is 5.92 Å². The zero-order chi connectivity index (χ0) is 11.2. The molecule has 1 saturated heterocycles. The van der Waals surface area contributed by atoms with Crippen LogP contribution >= 0.6 is 11.3 Å². The van der Waals surface area contributed by atoms with Crippen molar-refractivity contribution in [3.05, 3.63) is 11.6 Å². The zero-order valence-electron chi connectivity index (χ0n) is 9.03. The van der Waals surface area contributed by atoms with Crippen molar-refractivity contribution in [1.82, 2.24) is 15.6 Å².